The Bertz CT molecular complexity index is 791. The second-order valence-electron chi connectivity index (χ2n) is 11.3. The van der Waals surface area contributed by atoms with E-state index in [1.807, 2.05) is 0 Å². The number of unbranched alkanes of at least 4 members (excludes halogenated alkanes) is 15. The molecule has 208 valence electrons. The van der Waals surface area contributed by atoms with Gasteiger partial charge in [0.1, 0.15) is 0 Å². The van der Waals surface area contributed by atoms with Gasteiger partial charge in [0, 0.05) is 11.4 Å². The summed E-state index contributed by atoms with van der Waals surface area (Å²) in [5, 5.41) is 3.81. The molecule has 0 atom stereocenters. The summed E-state index contributed by atoms with van der Waals surface area (Å²) in [5.41, 5.74) is 7.19. The molecule has 37 heavy (non-hydrogen) atoms. The largest absolute Gasteiger partial charge is 0.355 e. The summed E-state index contributed by atoms with van der Waals surface area (Å²) >= 11 is 0. The monoisotopic (exact) mass is 505 g/mol. The molecule has 0 aromatic heterocycles. The van der Waals surface area contributed by atoms with Gasteiger partial charge >= 0.3 is 0 Å². The Kier molecular flexibility index (Phi) is 18.0. The Balaban J connectivity index is 1.95. The molecule has 0 aliphatic rings. The van der Waals surface area contributed by atoms with Crippen LogP contribution in [0, 0.1) is 0 Å². The molecular formula is C36H59N. The summed E-state index contributed by atoms with van der Waals surface area (Å²) < 4.78 is 0. The number of hydrogen-bond donors (Lipinski definition) is 1. The molecule has 1 heteroatoms. The quantitative estimate of drug-likeness (QED) is 0.148. The van der Waals surface area contributed by atoms with Gasteiger partial charge in [-0.2, -0.15) is 0 Å². The van der Waals surface area contributed by atoms with Crippen molar-refractivity contribution in [3.63, 3.8) is 0 Å². The smallest absolute Gasteiger partial charge is 0.0419 e. The molecule has 0 saturated carbocycles. The Morgan fingerprint density at radius 1 is 0.459 bits per heavy atom. The summed E-state index contributed by atoms with van der Waals surface area (Å²) in [5.74, 6) is 0. The predicted octanol–water partition coefficient (Wildman–Crippen LogP) is 12.1. The number of hydrogen-bond acceptors (Lipinski definition) is 1. The van der Waals surface area contributed by atoms with Crippen LogP contribution in [0.15, 0.2) is 42.5 Å². The molecule has 0 radical (unpaired) electrons. The van der Waals surface area contributed by atoms with E-state index in [1.54, 1.807) is 11.1 Å². The van der Waals surface area contributed by atoms with E-state index in [4.69, 9.17) is 0 Å². The Labute approximate surface area is 231 Å². The van der Waals surface area contributed by atoms with Crippen LogP contribution >= 0.6 is 0 Å². The number of aryl methyl sites for hydroxylation is 2. The van der Waals surface area contributed by atoms with E-state index in [2.05, 4.69) is 68.6 Å². The first-order chi connectivity index (χ1) is 18.3. The van der Waals surface area contributed by atoms with Crippen LogP contribution in [-0.2, 0) is 19.3 Å². The summed E-state index contributed by atoms with van der Waals surface area (Å²) in [6, 6.07) is 16.2. The van der Waals surface area contributed by atoms with E-state index in [-0.39, 0.29) is 0 Å². The fourth-order valence-corrected chi connectivity index (χ4v) is 5.48. The van der Waals surface area contributed by atoms with Crippen molar-refractivity contribution in [1.29, 1.82) is 0 Å². The molecule has 1 nitrogen and oxygen atoms in total. The maximum absolute atomic E-state index is 3.81. The molecule has 0 unspecified atom stereocenters. The summed E-state index contributed by atoms with van der Waals surface area (Å²) in [7, 11) is 0. The van der Waals surface area contributed by atoms with Crippen molar-refractivity contribution in [3.8, 4) is 0 Å². The minimum Gasteiger partial charge on any atom is -0.355 e. The van der Waals surface area contributed by atoms with Gasteiger partial charge in [-0.15, -0.1) is 0 Å². The van der Waals surface area contributed by atoms with E-state index in [9.17, 15) is 0 Å². The van der Waals surface area contributed by atoms with Gasteiger partial charge < -0.3 is 5.32 Å². The number of benzene rings is 2. The standard InChI is InChI=1S/C36H59N/c1-4-7-10-13-16-19-23-32-28-30-34(31-29-32)37-36-27-22-25-33(24-20-17-14-11-8-5-2)35(36)26-21-18-15-12-9-6-3/h22,25,27-31,37H,4-21,23-24,26H2,1-3H3. The maximum atomic E-state index is 3.81. The Morgan fingerprint density at radius 2 is 0.946 bits per heavy atom. The maximum Gasteiger partial charge on any atom is 0.0419 e. The van der Waals surface area contributed by atoms with Gasteiger partial charge in [0.05, 0.1) is 0 Å². The highest BCUT2D eigenvalue weighted by Crippen LogP contribution is 2.28. The molecule has 2 aromatic rings. The van der Waals surface area contributed by atoms with Crippen molar-refractivity contribution in [2.45, 2.75) is 156 Å². The molecule has 0 spiro atoms. The molecular weight excluding hydrogens is 446 g/mol. The lowest BCUT2D eigenvalue weighted by Gasteiger charge is -2.17. The minimum atomic E-state index is 1.20. The Hall–Kier alpha value is -1.76. The van der Waals surface area contributed by atoms with Gasteiger partial charge in [0.15, 0.2) is 0 Å². The molecule has 2 aromatic carbocycles. The van der Waals surface area contributed by atoms with Crippen molar-refractivity contribution < 1.29 is 0 Å². The molecule has 0 heterocycles. The van der Waals surface area contributed by atoms with E-state index in [1.165, 1.54) is 152 Å². The van der Waals surface area contributed by atoms with Gasteiger partial charge in [0.2, 0.25) is 0 Å². The van der Waals surface area contributed by atoms with Gasteiger partial charge in [-0.3, -0.25) is 0 Å². The zero-order valence-corrected chi connectivity index (χ0v) is 24.9. The molecule has 0 fully saturated rings. The number of nitrogens with one attached hydrogen (secondary N) is 1. The fourth-order valence-electron chi connectivity index (χ4n) is 5.48. The van der Waals surface area contributed by atoms with Crippen LogP contribution in [-0.4, -0.2) is 0 Å². The van der Waals surface area contributed by atoms with E-state index >= 15 is 0 Å². The first-order valence-corrected chi connectivity index (χ1v) is 16.2. The van der Waals surface area contributed by atoms with Crippen molar-refractivity contribution in [2.75, 3.05) is 5.32 Å². The predicted molar refractivity (Wildman–Crippen MR) is 167 cm³/mol. The van der Waals surface area contributed by atoms with Crippen LogP contribution in [0.3, 0.4) is 0 Å². The molecule has 0 aliphatic carbocycles. The summed E-state index contributed by atoms with van der Waals surface area (Å²) in [6.07, 6.45) is 28.2. The second-order valence-corrected chi connectivity index (χ2v) is 11.3. The fraction of sp³-hybridized carbons (Fsp3) is 0.667. The summed E-state index contributed by atoms with van der Waals surface area (Å²) in [4.78, 5) is 0. The van der Waals surface area contributed by atoms with Crippen LogP contribution in [0.1, 0.15) is 153 Å². The van der Waals surface area contributed by atoms with Crippen LogP contribution in [0.2, 0.25) is 0 Å². The highest BCUT2D eigenvalue weighted by Gasteiger charge is 2.09. The van der Waals surface area contributed by atoms with Crippen LogP contribution in [0.4, 0.5) is 11.4 Å². The third-order valence-corrected chi connectivity index (χ3v) is 7.90. The van der Waals surface area contributed by atoms with E-state index in [0.717, 1.165) is 0 Å². The van der Waals surface area contributed by atoms with Gasteiger partial charge in [0.25, 0.3) is 0 Å². The molecule has 0 amide bonds. The molecule has 0 aliphatic heterocycles. The van der Waals surface area contributed by atoms with Gasteiger partial charge in [-0.1, -0.05) is 141 Å². The zero-order chi connectivity index (χ0) is 26.4. The third-order valence-electron chi connectivity index (χ3n) is 7.90. The number of anilines is 2. The van der Waals surface area contributed by atoms with Crippen LogP contribution < -0.4 is 5.32 Å². The zero-order valence-electron chi connectivity index (χ0n) is 24.9. The molecule has 0 bridgehead atoms. The highest BCUT2D eigenvalue weighted by molar-refractivity contribution is 5.65. The second kappa shape index (κ2) is 21.2. The third kappa shape index (κ3) is 14.1. The molecule has 2 rings (SSSR count). The van der Waals surface area contributed by atoms with Crippen molar-refractivity contribution >= 4 is 11.4 Å². The lowest BCUT2D eigenvalue weighted by Crippen LogP contribution is -2.02. The van der Waals surface area contributed by atoms with Crippen molar-refractivity contribution in [3.05, 3.63) is 59.2 Å². The molecule has 0 saturated heterocycles. The topological polar surface area (TPSA) is 12.0 Å². The lowest BCUT2D eigenvalue weighted by molar-refractivity contribution is 0.599. The summed E-state index contributed by atoms with van der Waals surface area (Å²) in [6.45, 7) is 6.90. The number of rotatable bonds is 23. The molecule has 1 N–H and O–H groups in total. The SMILES string of the molecule is CCCCCCCCc1ccc(Nc2cccc(CCCCCCCC)c2CCCCCCCC)cc1. The Morgan fingerprint density at radius 3 is 1.51 bits per heavy atom. The lowest BCUT2D eigenvalue weighted by atomic mass is 9.94. The van der Waals surface area contributed by atoms with E-state index in [0.29, 0.717) is 0 Å². The average Bonchev–Trinajstić information content (AvgIpc) is 2.92. The first kappa shape index (κ1) is 31.5. The minimum absolute atomic E-state index is 1.20. The van der Waals surface area contributed by atoms with E-state index < -0.39 is 0 Å². The van der Waals surface area contributed by atoms with Crippen molar-refractivity contribution in [2.24, 2.45) is 0 Å². The van der Waals surface area contributed by atoms with Crippen LogP contribution in [0.5, 0.6) is 0 Å². The average molecular weight is 506 g/mol. The van der Waals surface area contributed by atoms with Gasteiger partial charge in [-0.05, 0) is 73.4 Å². The van der Waals surface area contributed by atoms with Crippen molar-refractivity contribution in [1.82, 2.24) is 0 Å². The first-order valence-electron chi connectivity index (χ1n) is 16.2. The van der Waals surface area contributed by atoms with Gasteiger partial charge in [-0.25, -0.2) is 0 Å². The highest BCUT2D eigenvalue weighted by atomic mass is 14.9. The normalized spacial score (nSPS) is 11.2. The van der Waals surface area contributed by atoms with Crippen LogP contribution in [0.25, 0.3) is 0 Å².